The molecular weight excluding hydrogens is 419 g/mol. The zero-order valence-electron chi connectivity index (χ0n) is 14.8. The van der Waals surface area contributed by atoms with Crippen molar-refractivity contribution in [2.45, 2.75) is 26.0 Å². The Hall–Kier alpha value is -2.55. The van der Waals surface area contributed by atoms with Gasteiger partial charge in [-0.1, -0.05) is 27.2 Å². The van der Waals surface area contributed by atoms with Crippen LogP contribution >= 0.6 is 15.9 Å². The lowest BCUT2D eigenvalue weighted by atomic mass is 10.1. The van der Waals surface area contributed by atoms with Gasteiger partial charge in [-0.25, -0.2) is 14.4 Å². The Morgan fingerprint density at radius 1 is 1.41 bits per heavy atom. The molecule has 0 bridgehead atoms. The highest BCUT2D eigenvalue weighted by Crippen LogP contribution is 2.19. The first kappa shape index (κ1) is 19.2. The highest BCUT2D eigenvalue weighted by Gasteiger charge is 2.23. The summed E-state index contributed by atoms with van der Waals surface area (Å²) in [5.41, 5.74) is 2.19. The fourth-order valence-electron chi connectivity index (χ4n) is 2.58. The molecule has 1 amide bonds. The summed E-state index contributed by atoms with van der Waals surface area (Å²) in [5.74, 6) is -0.222. The Labute approximate surface area is 164 Å². The number of aryl methyl sites for hydroxylation is 1. The van der Waals surface area contributed by atoms with Gasteiger partial charge in [-0.3, -0.25) is 4.79 Å². The van der Waals surface area contributed by atoms with Crippen molar-refractivity contribution in [3.8, 4) is 5.75 Å². The van der Waals surface area contributed by atoms with E-state index in [9.17, 15) is 9.18 Å². The number of hydrogen-bond donors (Lipinski definition) is 1. The molecule has 0 radical (unpaired) electrons. The number of halogens is 2. The predicted octanol–water partition coefficient (Wildman–Crippen LogP) is 2.75. The molecule has 0 aliphatic carbocycles. The largest absolute Gasteiger partial charge is 0.494 e. The summed E-state index contributed by atoms with van der Waals surface area (Å²) >= 11 is 3.36. The molecule has 0 fully saturated rings. The second-order valence-corrected chi connectivity index (χ2v) is 6.61. The van der Waals surface area contributed by atoms with E-state index in [0.29, 0.717) is 34.5 Å². The van der Waals surface area contributed by atoms with Gasteiger partial charge in [0.2, 0.25) is 0 Å². The maximum absolute atomic E-state index is 13.5. The highest BCUT2D eigenvalue weighted by atomic mass is 79.9. The van der Waals surface area contributed by atoms with Crippen LogP contribution in [0.1, 0.15) is 34.0 Å². The Morgan fingerprint density at radius 2 is 2.22 bits per heavy atom. The molecule has 1 aliphatic rings. The van der Waals surface area contributed by atoms with Crippen LogP contribution in [0.5, 0.6) is 5.75 Å². The summed E-state index contributed by atoms with van der Waals surface area (Å²) in [7, 11) is 1.39. The summed E-state index contributed by atoms with van der Waals surface area (Å²) < 4.78 is 18.4. The maximum Gasteiger partial charge on any atom is 0.270 e. The van der Waals surface area contributed by atoms with Crippen molar-refractivity contribution in [3.05, 3.63) is 52.9 Å². The van der Waals surface area contributed by atoms with E-state index in [4.69, 9.17) is 9.57 Å². The zero-order valence-corrected chi connectivity index (χ0v) is 16.4. The number of ether oxygens (including phenoxy) is 1. The van der Waals surface area contributed by atoms with Crippen LogP contribution < -0.4 is 10.1 Å². The lowest BCUT2D eigenvalue weighted by Crippen LogP contribution is -2.25. The molecule has 1 N–H and O–H groups in total. The molecule has 1 aliphatic heterocycles. The molecule has 9 heteroatoms. The molecule has 142 valence electrons. The van der Waals surface area contributed by atoms with Crippen LogP contribution in [-0.4, -0.2) is 40.1 Å². The summed E-state index contributed by atoms with van der Waals surface area (Å²) in [6.07, 6.45) is 0.569. The van der Waals surface area contributed by atoms with E-state index in [-0.39, 0.29) is 30.0 Å². The smallest absolute Gasteiger partial charge is 0.270 e. The van der Waals surface area contributed by atoms with Crippen LogP contribution in [0.3, 0.4) is 0 Å². The van der Waals surface area contributed by atoms with Crippen molar-refractivity contribution >= 4 is 27.5 Å². The fraction of sp³-hybridized carbons (Fsp3) is 0.333. The van der Waals surface area contributed by atoms with Gasteiger partial charge in [0.15, 0.2) is 11.6 Å². The first-order valence-electron chi connectivity index (χ1n) is 8.25. The van der Waals surface area contributed by atoms with E-state index in [2.05, 4.69) is 36.4 Å². The minimum absolute atomic E-state index is 0.0407. The van der Waals surface area contributed by atoms with Crippen LogP contribution in [-0.2, 0) is 11.4 Å². The molecule has 0 saturated carbocycles. The van der Waals surface area contributed by atoms with Crippen LogP contribution in [0.4, 0.5) is 4.39 Å². The van der Waals surface area contributed by atoms with Gasteiger partial charge in [0.25, 0.3) is 5.91 Å². The zero-order chi connectivity index (χ0) is 19.4. The number of rotatable bonds is 6. The van der Waals surface area contributed by atoms with Gasteiger partial charge in [0.1, 0.15) is 23.3 Å². The molecule has 1 aromatic carbocycles. The molecule has 27 heavy (non-hydrogen) atoms. The van der Waals surface area contributed by atoms with Crippen molar-refractivity contribution in [3.63, 3.8) is 0 Å². The number of oxime groups is 1. The monoisotopic (exact) mass is 436 g/mol. The molecular formula is C18H18BrFN4O3. The number of alkyl halides is 1. The molecule has 0 saturated heterocycles. The van der Waals surface area contributed by atoms with E-state index in [1.807, 2.05) is 0 Å². The van der Waals surface area contributed by atoms with Crippen molar-refractivity contribution in [2.24, 2.45) is 5.16 Å². The van der Waals surface area contributed by atoms with Crippen molar-refractivity contribution in [1.82, 2.24) is 15.3 Å². The quantitative estimate of drug-likeness (QED) is 0.703. The molecule has 1 aromatic heterocycles. The lowest BCUT2D eigenvalue weighted by Gasteiger charge is -2.09. The van der Waals surface area contributed by atoms with Gasteiger partial charge in [-0.05, 0) is 30.7 Å². The number of amides is 1. The van der Waals surface area contributed by atoms with Gasteiger partial charge >= 0.3 is 0 Å². The second kappa shape index (κ2) is 8.43. The van der Waals surface area contributed by atoms with E-state index in [1.165, 1.54) is 19.2 Å². The van der Waals surface area contributed by atoms with Crippen LogP contribution in [0.2, 0.25) is 0 Å². The lowest BCUT2D eigenvalue weighted by molar-refractivity contribution is 0.0945. The molecule has 0 spiro atoms. The number of hydrogen-bond acceptors (Lipinski definition) is 6. The number of benzene rings is 1. The van der Waals surface area contributed by atoms with Gasteiger partial charge in [0, 0.05) is 18.3 Å². The van der Waals surface area contributed by atoms with E-state index in [0.717, 1.165) is 0 Å². The summed E-state index contributed by atoms with van der Waals surface area (Å²) in [6.45, 7) is 1.92. The average Bonchev–Trinajstić information content (AvgIpc) is 3.16. The molecule has 7 nitrogen and oxygen atoms in total. The van der Waals surface area contributed by atoms with E-state index >= 15 is 0 Å². The minimum atomic E-state index is -0.454. The Bertz CT molecular complexity index is 891. The fourth-order valence-corrected chi connectivity index (χ4v) is 2.93. The Balaban J connectivity index is 1.71. The number of nitrogens with one attached hydrogen (secondary N) is 1. The SMILES string of the molecule is COc1cc(CNC(=O)c2cc(C3=NOC(CBr)C3)nc(C)n2)ccc1F. The van der Waals surface area contributed by atoms with Crippen molar-refractivity contribution in [1.29, 1.82) is 0 Å². The third-order valence-electron chi connectivity index (χ3n) is 3.94. The first-order chi connectivity index (χ1) is 13.0. The van der Waals surface area contributed by atoms with Gasteiger partial charge in [-0.2, -0.15) is 0 Å². The van der Waals surface area contributed by atoms with Gasteiger partial charge < -0.3 is 14.9 Å². The van der Waals surface area contributed by atoms with Crippen LogP contribution in [0.25, 0.3) is 0 Å². The number of methoxy groups -OCH3 is 1. The molecule has 2 aromatic rings. The molecule has 3 rings (SSSR count). The normalized spacial score (nSPS) is 15.9. The van der Waals surface area contributed by atoms with Crippen LogP contribution in [0.15, 0.2) is 29.4 Å². The third-order valence-corrected chi connectivity index (χ3v) is 4.66. The summed E-state index contributed by atoms with van der Waals surface area (Å²) in [6, 6.07) is 6.01. The van der Waals surface area contributed by atoms with Crippen molar-refractivity contribution < 1.29 is 18.8 Å². The third kappa shape index (κ3) is 4.60. The molecule has 1 atom stereocenters. The standard InChI is InChI=1S/C18H18BrFN4O3/c1-10-22-14(15-6-12(8-19)27-24-15)7-16(23-10)18(25)21-9-11-3-4-13(20)17(5-11)26-2/h3-5,7,12H,6,8-9H2,1-2H3,(H,21,25). The first-order valence-corrected chi connectivity index (χ1v) is 9.37. The summed E-state index contributed by atoms with van der Waals surface area (Å²) in [5, 5.41) is 7.47. The van der Waals surface area contributed by atoms with Gasteiger partial charge in [0.05, 0.1) is 12.8 Å². The van der Waals surface area contributed by atoms with E-state index in [1.54, 1.807) is 19.1 Å². The number of nitrogens with zero attached hydrogens (tertiary/aromatic N) is 3. The van der Waals surface area contributed by atoms with Gasteiger partial charge in [-0.15, -0.1) is 0 Å². The topological polar surface area (TPSA) is 85.7 Å². The van der Waals surface area contributed by atoms with Crippen molar-refractivity contribution in [2.75, 3.05) is 12.4 Å². The van der Waals surface area contributed by atoms with E-state index < -0.39 is 5.82 Å². The Morgan fingerprint density at radius 3 is 2.93 bits per heavy atom. The second-order valence-electron chi connectivity index (χ2n) is 5.96. The molecule has 2 heterocycles. The number of carbonyl (C=O) groups is 1. The molecule has 1 unspecified atom stereocenters. The van der Waals surface area contributed by atoms with Crippen LogP contribution in [0, 0.1) is 12.7 Å². The highest BCUT2D eigenvalue weighted by molar-refractivity contribution is 9.09. The average molecular weight is 437 g/mol. The maximum atomic E-state index is 13.5. The number of carbonyl (C=O) groups excluding carboxylic acids is 1. The Kier molecular flexibility index (Phi) is 6.00. The minimum Gasteiger partial charge on any atom is -0.494 e. The summed E-state index contributed by atoms with van der Waals surface area (Å²) in [4.78, 5) is 26.3. The predicted molar refractivity (Wildman–Crippen MR) is 101 cm³/mol. The number of aromatic nitrogens is 2.